The van der Waals surface area contributed by atoms with E-state index in [2.05, 4.69) is 20.9 Å². The van der Waals surface area contributed by atoms with Crippen LogP contribution in [-0.4, -0.2) is 54.3 Å². The van der Waals surface area contributed by atoms with Crippen LogP contribution in [0.1, 0.15) is 16.1 Å². The molecule has 22 heavy (non-hydrogen) atoms. The van der Waals surface area contributed by atoms with Crippen LogP contribution >= 0.6 is 0 Å². The Kier molecular flexibility index (Phi) is 6.05. The molecule has 1 heterocycles. The summed E-state index contributed by atoms with van der Waals surface area (Å²) in [7, 11) is 1.65. The Hall–Kier alpha value is -2.25. The fourth-order valence-electron chi connectivity index (χ4n) is 1.85. The number of nitrogens with zero attached hydrogens (tertiary/aromatic N) is 3. The van der Waals surface area contributed by atoms with E-state index in [1.165, 1.54) is 5.56 Å². The highest BCUT2D eigenvalue weighted by atomic mass is 16.5. The summed E-state index contributed by atoms with van der Waals surface area (Å²) in [6, 6.07) is 7.85. The van der Waals surface area contributed by atoms with Crippen molar-refractivity contribution in [3.63, 3.8) is 0 Å². The van der Waals surface area contributed by atoms with Crippen LogP contribution in [0, 0.1) is 6.92 Å². The van der Waals surface area contributed by atoms with E-state index in [0.29, 0.717) is 25.4 Å². The SMILES string of the molecule is COCCNCCNC(=O)c1cn(-c2ccc(C)cc2)nn1. The minimum atomic E-state index is -0.230. The first-order chi connectivity index (χ1) is 10.7. The summed E-state index contributed by atoms with van der Waals surface area (Å²) < 4.78 is 6.51. The van der Waals surface area contributed by atoms with Crippen LogP contribution in [0.25, 0.3) is 5.69 Å². The molecule has 0 aliphatic heterocycles. The summed E-state index contributed by atoms with van der Waals surface area (Å²) in [5.41, 5.74) is 2.35. The first-order valence-corrected chi connectivity index (χ1v) is 7.18. The quantitative estimate of drug-likeness (QED) is 0.696. The molecule has 0 spiro atoms. The molecule has 0 atom stereocenters. The molecule has 0 aliphatic carbocycles. The maximum atomic E-state index is 12.0. The number of hydrogen-bond donors (Lipinski definition) is 2. The maximum absolute atomic E-state index is 12.0. The third-order valence-electron chi connectivity index (χ3n) is 3.09. The number of rotatable bonds is 8. The summed E-state index contributed by atoms with van der Waals surface area (Å²) in [5, 5.41) is 13.8. The number of nitrogens with one attached hydrogen (secondary N) is 2. The highest BCUT2D eigenvalue weighted by molar-refractivity contribution is 5.91. The van der Waals surface area contributed by atoms with Gasteiger partial charge in [0.1, 0.15) is 0 Å². The van der Waals surface area contributed by atoms with Crippen molar-refractivity contribution in [1.29, 1.82) is 0 Å². The van der Waals surface area contributed by atoms with Crippen LogP contribution in [0.5, 0.6) is 0 Å². The zero-order valence-electron chi connectivity index (χ0n) is 12.9. The summed E-state index contributed by atoms with van der Waals surface area (Å²) in [4.78, 5) is 12.0. The second-order valence-corrected chi connectivity index (χ2v) is 4.88. The maximum Gasteiger partial charge on any atom is 0.273 e. The van der Waals surface area contributed by atoms with E-state index in [1.807, 2.05) is 31.2 Å². The number of carbonyl (C=O) groups excluding carboxylic acids is 1. The molecule has 7 nitrogen and oxygen atoms in total. The van der Waals surface area contributed by atoms with Crippen LogP contribution in [-0.2, 0) is 4.74 Å². The molecule has 0 saturated carbocycles. The standard InChI is InChI=1S/C15H21N5O2/c1-12-3-5-13(6-4-12)20-11-14(18-19-20)15(21)17-8-7-16-9-10-22-2/h3-6,11,16H,7-10H2,1-2H3,(H,17,21). The number of benzene rings is 1. The molecule has 2 N–H and O–H groups in total. The van der Waals surface area contributed by atoms with Crippen LogP contribution in [0.15, 0.2) is 30.5 Å². The zero-order valence-corrected chi connectivity index (χ0v) is 12.9. The molecule has 1 aromatic heterocycles. The van der Waals surface area contributed by atoms with E-state index in [4.69, 9.17) is 4.74 Å². The molecule has 0 bridgehead atoms. The fourth-order valence-corrected chi connectivity index (χ4v) is 1.85. The minimum absolute atomic E-state index is 0.230. The first-order valence-electron chi connectivity index (χ1n) is 7.18. The lowest BCUT2D eigenvalue weighted by molar-refractivity contribution is 0.0948. The molecule has 0 fully saturated rings. The van der Waals surface area contributed by atoms with Gasteiger partial charge in [-0.2, -0.15) is 0 Å². The van der Waals surface area contributed by atoms with E-state index in [9.17, 15) is 4.79 Å². The van der Waals surface area contributed by atoms with Gasteiger partial charge in [-0.05, 0) is 19.1 Å². The third kappa shape index (κ3) is 4.64. The topological polar surface area (TPSA) is 81.1 Å². The molecule has 118 valence electrons. The number of carbonyl (C=O) groups is 1. The van der Waals surface area contributed by atoms with Gasteiger partial charge in [-0.15, -0.1) is 5.10 Å². The molecule has 2 rings (SSSR count). The van der Waals surface area contributed by atoms with Crippen molar-refractivity contribution < 1.29 is 9.53 Å². The first kappa shape index (κ1) is 16.1. The van der Waals surface area contributed by atoms with Crippen LogP contribution in [0.3, 0.4) is 0 Å². The van der Waals surface area contributed by atoms with Gasteiger partial charge in [-0.1, -0.05) is 22.9 Å². The lowest BCUT2D eigenvalue weighted by atomic mass is 10.2. The predicted octanol–water partition coefficient (Wildman–Crippen LogP) is 0.542. The lowest BCUT2D eigenvalue weighted by Crippen LogP contribution is -2.33. The average molecular weight is 303 g/mol. The van der Waals surface area contributed by atoms with Gasteiger partial charge in [-0.3, -0.25) is 4.79 Å². The van der Waals surface area contributed by atoms with Crippen LogP contribution < -0.4 is 10.6 Å². The lowest BCUT2D eigenvalue weighted by Gasteiger charge is -2.04. The van der Waals surface area contributed by atoms with Crippen molar-refractivity contribution in [2.24, 2.45) is 0 Å². The number of aromatic nitrogens is 3. The molecule has 0 aliphatic rings. The Balaban J connectivity index is 1.83. The number of ether oxygens (including phenoxy) is 1. The van der Waals surface area contributed by atoms with E-state index >= 15 is 0 Å². The van der Waals surface area contributed by atoms with E-state index in [1.54, 1.807) is 18.0 Å². The van der Waals surface area contributed by atoms with Gasteiger partial charge < -0.3 is 15.4 Å². The third-order valence-corrected chi connectivity index (χ3v) is 3.09. The second kappa shape index (κ2) is 8.26. The highest BCUT2D eigenvalue weighted by Crippen LogP contribution is 2.08. The summed E-state index contributed by atoms with van der Waals surface area (Å²) >= 11 is 0. The Morgan fingerprint density at radius 2 is 2.00 bits per heavy atom. The van der Waals surface area contributed by atoms with Gasteiger partial charge in [0.2, 0.25) is 0 Å². The minimum Gasteiger partial charge on any atom is -0.383 e. The van der Waals surface area contributed by atoms with E-state index in [0.717, 1.165) is 12.2 Å². The molecule has 1 amide bonds. The van der Waals surface area contributed by atoms with Gasteiger partial charge in [0.15, 0.2) is 5.69 Å². The number of methoxy groups -OCH3 is 1. The average Bonchev–Trinajstić information content (AvgIpc) is 3.01. The summed E-state index contributed by atoms with van der Waals surface area (Å²) in [5.74, 6) is -0.230. The van der Waals surface area contributed by atoms with Gasteiger partial charge >= 0.3 is 0 Å². The predicted molar refractivity (Wildman–Crippen MR) is 83.2 cm³/mol. The monoisotopic (exact) mass is 303 g/mol. The second-order valence-electron chi connectivity index (χ2n) is 4.88. The number of amides is 1. The van der Waals surface area contributed by atoms with Gasteiger partial charge in [-0.25, -0.2) is 4.68 Å². The van der Waals surface area contributed by atoms with Crippen molar-refractivity contribution >= 4 is 5.91 Å². The highest BCUT2D eigenvalue weighted by Gasteiger charge is 2.10. The van der Waals surface area contributed by atoms with Crippen molar-refractivity contribution in [3.05, 3.63) is 41.7 Å². The Labute approximate surface area is 129 Å². The van der Waals surface area contributed by atoms with Gasteiger partial charge in [0, 0.05) is 26.7 Å². The Bertz CT molecular complexity index is 594. The van der Waals surface area contributed by atoms with Gasteiger partial charge in [0.25, 0.3) is 5.91 Å². The van der Waals surface area contributed by atoms with Crippen molar-refractivity contribution in [2.45, 2.75) is 6.92 Å². The van der Waals surface area contributed by atoms with E-state index in [-0.39, 0.29) is 5.91 Å². The normalized spacial score (nSPS) is 10.6. The molecular formula is C15H21N5O2. The zero-order chi connectivity index (χ0) is 15.8. The Morgan fingerprint density at radius 3 is 2.73 bits per heavy atom. The van der Waals surface area contributed by atoms with Gasteiger partial charge in [0.05, 0.1) is 18.5 Å². The molecule has 0 saturated heterocycles. The van der Waals surface area contributed by atoms with Crippen LogP contribution in [0.4, 0.5) is 0 Å². The molecule has 7 heteroatoms. The molecule has 0 radical (unpaired) electrons. The van der Waals surface area contributed by atoms with E-state index < -0.39 is 0 Å². The van der Waals surface area contributed by atoms with Crippen LogP contribution in [0.2, 0.25) is 0 Å². The fraction of sp³-hybridized carbons (Fsp3) is 0.400. The smallest absolute Gasteiger partial charge is 0.273 e. The number of hydrogen-bond acceptors (Lipinski definition) is 5. The van der Waals surface area contributed by atoms with Crippen molar-refractivity contribution in [1.82, 2.24) is 25.6 Å². The number of aryl methyl sites for hydroxylation is 1. The van der Waals surface area contributed by atoms with Crippen molar-refractivity contribution in [2.75, 3.05) is 33.4 Å². The molecule has 1 aromatic carbocycles. The molecular weight excluding hydrogens is 282 g/mol. The summed E-state index contributed by atoms with van der Waals surface area (Å²) in [6.45, 7) is 4.64. The molecule has 0 unspecified atom stereocenters. The largest absolute Gasteiger partial charge is 0.383 e. The summed E-state index contributed by atoms with van der Waals surface area (Å²) in [6.07, 6.45) is 1.62. The Morgan fingerprint density at radius 1 is 1.23 bits per heavy atom. The molecule has 2 aromatic rings. The van der Waals surface area contributed by atoms with Crippen molar-refractivity contribution in [3.8, 4) is 5.69 Å².